The number of likely N-dealkylation sites (tertiary alicyclic amines) is 1. The Balaban J connectivity index is 1.69. The molecule has 0 spiro atoms. The number of nitrogens with one attached hydrogen (secondary N) is 2. The van der Waals surface area contributed by atoms with Crippen LogP contribution in [0.1, 0.15) is 25.1 Å². The van der Waals surface area contributed by atoms with E-state index in [0.717, 1.165) is 18.0 Å². The molecule has 1 aliphatic heterocycles. The van der Waals surface area contributed by atoms with Gasteiger partial charge in [-0.15, -0.1) is 11.3 Å². The van der Waals surface area contributed by atoms with Gasteiger partial charge >= 0.3 is 6.03 Å². The average Bonchev–Trinajstić information content (AvgIpc) is 2.87. The van der Waals surface area contributed by atoms with E-state index in [1.54, 1.807) is 11.3 Å². The first-order valence-corrected chi connectivity index (χ1v) is 8.23. The van der Waals surface area contributed by atoms with E-state index in [1.807, 2.05) is 17.5 Å². The third kappa shape index (κ3) is 5.47. The van der Waals surface area contributed by atoms with Crippen LogP contribution in [0, 0.1) is 11.8 Å². The number of urea groups is 1. The van der Waals surface area contributed by atoms with E-state index in [-0.39, 0.29) is 5.91 Å². The van der Waals surface area contributed by atoms with Gasteiger partial charge in [-0.1, -0.05) is 19.9 Å². The molecule has 1 aromatic heterocycles. The number of amides is 3. The molecule has 1 aliphatic rings. The van der Waals surface area contributed by atoms with Crippen molar-refractivity contribution < 1.29 is 9.59 Å². The molecule has 0 unspecified atom stereocenters. The lowest BCUT2D eigenvalue weighted by atomic mass is 9.92. The first-order valence-electron chi connectivity index (χ1n) is 7.35. The van der Waals surface area contributed by atoms with Crippen LogP contribution in [0.5, 0.6) is 0 Å². The number of nitrogens with zero attached hydrogens (tertiary/aromatic N) is 1. The van der Waals surface area contributed by atoms with Gasteiger partial charge < -0.3 is 5.32 Å². The molecule has 0 bridgehead atoms. The molecule has 2 rings (SSSR count). The molecule has 1 aromatic rings. The Hall–Kier alpha value is -1.40. The first kappa shape index (κ1) is 16.0. The van der Waals surface area contributed by atoms with Gasteiger partial charge in [-0.2, -0.15) is 0 Å². The largest absolute Gasteiger partial charge is 0.333 e. The minimum Gasteiger partial charge on any atom is -0.333 e. The van der Waals surface area contributed by atoms with Crippen LogP contribution < -0.4 is 10.6 Å². The number of piperidine rings is 1. The predicted octanol–water partition coefficient (Wildman–Crippen LogP) is 2.05. The Bertz CT molecular complexity index is 465. The quantitative estimate of drug-likeness (QED) is 0.895. The molecule has 21 heavy (non-hydrogen) atoms. The van der Waals surface area contributed by atoms with Gasteiger partial charge in [0.2, 0.25) is 5.91 Å². The molecule has 0 radical (unpaired) electrons. The Morgan fingerprint density at radius 1 is 1.33 bits per heavy atom. The van der Waals surface area contributed by atoms with Crippen LogP contribution in [0.25, 0.3) is 0 Å². The molecule has 0 aromatic carbocycles. The molecule has 6 heteroatoms. The molecule has 0 saturated carbocycles. The second-order valence-corrected chi connectivity index (χ2v) is 6.98. The van der Waals surface area contributed by atoms with E-state index in [9.17, 15) is 9.59 Å². The highest BCUT2D eigenvalue weighted by Crippen LogP contribution is 2.20. The van der Waals surface area contributed by atoms with Gasteiger partial charge in [0.25, 0.3) is 0 Å². The van der Waals surface area contributed by atoms with Crippen molar-refractivity contribution in [3.05, 3.63) is 22.4 Å². The fourth-order valence-corrected chi connectivity index (χ4v) is 3.56. The van der Waals surface area contributed by atoms with Crippen LogP contribution in [-0.4, -0.2) is 36.5 Å². The van der Waals surface area contributed by atoms with Crippen LogP contribution in [0.15, 0.2) is 17.5 Å². The number of carbonyl (C=O) groups excluding carboxylic acids is 2. The maximum Gasteiger partial charge on any atom is 0.321 e. The number of imide groups is 1. The lowest BCUT2D eigenvalue weighted by Crippen LogP contribution is -2.47. The second-order valence-electron chi connectivity index (χ2n) is 5.95. The summed E-state index contributed by atoms with van der Waals surface area (Å²) in [6.07, 6.45) is 1.21. The van der Waals surface area contributed by atoms with Crippen LogP contribution >= 0.6 is 11.3 Å². The molecule has 0 aliphatic carbocycles. The van der Waals surface area contributed by atoms with Gasteiger partial charge in [0.15, 0.2) is 0 Å². The van der Waals surface area contributed by atoms with E-state index in [1.165, 1.54) is 6.42 Å². The van der Waals surface area contributed by atoms with Crippen molar-refractivity contribution in [1.29, 1.82) is 0 Å². The van der Waals surface area contributed by atoms with Gasteiger partial charge in [0, 0.05) is 18.0 Å². The summed E-state index contributed by atoms with van der Waals surface area (Å²) in [4.78, 5) is 26.7. The van der Waals surface area contributed by atoms with Crippen LogP contribution in [-0.2, 0) is 11.3 Å². The summed E-state index contributed by atoms with van der Waals surface area (Å²) in [5, 5.41) is 7.04. The normalized spacial score (nSPS) is 22.8. The molecule has 2 heterocycles. The van der Waals surface area contributed by atoms with Gasteiger partial charge in [-0.3, -0.25) is 15.0 Å². The van der Waals surface area contributed by atoms with Crippen LogP contribution in [0.4, 0.5) is 4.79 Å². The zero-order chi connectivity index (χ0) is 15.2. The summed E-state index contributed by atoms with van der Waals surface area (Å²) in [6.45, 7) is 7.00. The molecule has 1 fully saturated rings. The first-order chi connectivity index (χ1) is 10.0. The third-order valence-corrected chi connectivity index (χ3v) is 4.44. The topological polar surface area (TPSA) is 61.4 Å². The highest BCUT2D eigenvalue weighted by Gasteiger charge is 2.23. The maximum atomic E-state index is 11.9. The summed E-state index contributed by atoms with van der Waals surface area (Å²) in [5.74, 6) is 0.975. The summed E-state index contributed by atoms with van der Waals surface area (Å²) in [7, 11) is 0. The van der Waals surface area contributed by atoms with Gasteiger partial charge in [-0.25, -0.2) is 4.79 Å². The lowest BCUT2D eigenvalue weighted by molar-refractivity contribution is -0.121. The minimum atomic E-state index is -0.425. The van der Waals surface area contributed by atoms with Crippen molar-refractivity contribution in [3.8, 4) is 0 Å². The van der Waals surface area contributed by atoms with E-state index in [2.05, 4.69) is 29.4 Å². The Kier molecular flexibility index (Phi) is 5.76. The number of rotatable bonds is 4. The molecular weight excluding hydrogens is 286 g/mol. The van der Waals surface area contributed by atoms with E-state index in [4.69, 9.17) is 0 Å². The second kappa shape index (κ2) is 7.56. The van der Waals surface area contributed by atoms with E-state index < -0.39 is 6.03 Å². The summed E-state index contributed by atoms with van der Waals surface area (Å²) >= 11 is 1.58. The number of thiophene rings is 1. The van der Waals surface area contributed by atoms with E-state index >= 15 is 0 Å². The Morgan fingerprint density at radius 2 is 2.05 bits per heavy atom. The molecule has 2 atom stereocenters. The fraction of sp³-hybridized carbons (Fsp3) is 0.600. The standard InChI is InChI=1S/C15H23N3O2S/c1-11-6-12(2)9-18(8-11)10-14(19)17-15(20)16-7-13-4-3-5-21-13/h3-5,11-12H,6-10H2,1-2H3,(H2,16,17,19,20)/t11-,12+. The lowest BCUT2D eigenvalue weighted by Gasteiger charge is -2.34. The Morgan fingerprint density at radius 3 is 2.67 bits per heavy atom. The summed E-state index contributed by atoms with van der Waals surface area (Å²) < 4.78 is 0. The van der Waals surface area contributed by atoms with Crippen molar-refractivity contribution in [2.24, 2.45) is 11.8 Å². The fourth-order valence-electron chi connectivity index (χ4n) is 2.92. The van der Waals surface area contributed by atoms with Crippen LogP contribution in [0.3, 0.4) is 0 Å². The van der Waals surface area contributed by atoms with Crippen molar-refractivity contribution in [1.82, 2.24) is 15.5 Å². The molecule has 2 N–H and O–H groups in total. The van der Waals surface area contributed by atoms with Crippen LogP contribution in [0.2, 0.25) is 0 Å². The third-order valence-electron chi connectivity index (χ3n) is 3.57. The monoisotopic (exact) mass is 309 g/mol. The molecular formula is C15H23N3O2S. The number of hydrogen-bond donors (Lipinski definition) is 2. The van der Waals surface area contributed by atoms with Crippen molar-refractivity contribution in [3.63, 3.8) is 0 Å². The zero-order valence-corrected chi connectivity index (χ0v) is 13.4. The highest BCUT2D eigenvalue weighted by molar-refractivity contribution is 7.09. The molecule has 5 nitrogen and oxygen atoms in total. The van der Waals surface area contributed by atoms with Crippen molar-refractivity contribution in [2.45, 2.75) is 26.8 Å². The average molecular weight is 309 g/mol. The zero-order valence-electron chi connectivity index (χ0n) is 12.6. The van der Waals surface area contributed by atoms with Gasteiger partial charge in [0.1, 0.15) is 0 Å². The highest BCUT2D eigenvalue weighted by atomic mass is 32.1. The van der Waals surface area contributed by atoms with Crippen molar-refractivity contribution in [2.75, 3.05) is 19.6 Å². The predicted molar refractivity (Wildman–Crippen MR) is 84.1 cm³/mol. The number of hydrogen-bond acceptors (Lipinski definition) is 4. The van der Waals surface area contributed by atoms with E-state index in [0.29, 0.717) is 24.9 Å². The Labute approximate surface area is 129 Å². The smallest absolute Gasteiger partial charge is 0.321 e. The molecule has 3 amide bonds. The maximum absolute atomic E-state index is 11.9. The van der Waals surface area contributed by atoms with Crippen molar-refractivity contribution >= 4 is 23.3 Å². The number of carbonyl (C=O) groups is 2. The summed E-state index contributed by atoms with van der Waals surface area (Å²) in [6, 6.07) is 3.46. The molecule has 116 valence electrons. The summed E-state index contributed by atoms with van der Waals surface area (Å²) in [5.41, 5.74) is 0. The van der Waals surface area contributed by atoms with Gasteiger partial charge in [0.05, 0.1) is 13.1 Å². The minimum absolute atomic E-state index is 0.236. The molecule has 1 saturated heterocycles. The SMILES string of the molecule is C[C@@H]1C[C@H](C)CN(CC(=O)NC(=O)NCc2cccs2)C1. The van der Waals surface area contributed by atoms with Gasteiger partial charge in [-0.05, 0) is 29.7 Å².